The summed E-state index contributed by atoms with van der Waals surface area (Å²) in [5, 5.41) is 2.33. The number of nitrogens with one attached hydrogen (secondary N) is 1. The maximum Gasteiger partial charge on any atom is 0.255 e. The Morgan fingerprint density at radius 2 is 1.86 bits per heavy atom. The highest BCUT2D eigenvalue weighted by molar-refractivity contribution is 6.05. The van der Waals surface area contributed by atoms with Gasteiger partial charge in [0.2, 0.25) is 11.8 Å². The Kier molecular flexibility index (Phi) is 5.47. The molecule has 1 aromatic carbocycles. The van der Waals surface area contributed by atoms with Crippen molar-refractivity contribution in [1.29, 1.82) is 0 Å². The molecule has 4 heterocycles. The lowest BCUT2D eigenvalue weighted by atomic mass is 9.95. The maximum atomic E-state index is 13.1. The lowest BCUT2D eigenvalue weighted by Crippen LogP contribution is -2.54. The van der Waals surface area contributed by atoms with Gasteiger partial charge in [0.1, 0.15) is 23.7 Å². The summed E-state index contributed by atoms with van der Waals surface area (Å²) in [6.45, 7) is 1.99. The van der Waals surface area contributed by atoms with Gasteiger partial charge < -0.3 is 9.64 Å². The molecule has 1 N–H and O–H groups in total. The molecule has 2 saturated heterocycles. The highest BCUT2D eigenvalue weighted by Gasteiger charge is 2.42. The molecule has 0 radical (unpaired) electrons. The van der Waals surface area contributed by atoms with Gasteiger partial charge in [0.05, 0.1) is 12.4 Å². The molecule has 4 aliphatic rings. The number of carbonyl (C=O) groups excluding carboxylic acids is 3. The second-order valence-corrected chi connectivity index (χ2v) is 9.78. The van der Waals surface area contributed by atoms with E-state index < -0.39 is 17.8 Å². The van der Waals surface area contributed by atoms with Crippen molar-refractivity contribution < 1.29 is 23.5 Å². The number of hydrogen-bond donors (Lipinski definition) is 1. The summed E-state index contributed by atoms with van der Waals surface area (Å²) in [6.07, 6.45) is 6.14. The van der Waals surface area contributed by atoms with Crippen LogP contribution in [0.2, 0.25) is 0 Å². The van der Waals surface area contributed by atoms with E-state index in [0.29, 0.717) is 30.4 Å². The molecule has 0 spiro atoms. The fraction of sp³-hybridized carbons (Fsp3) is 0.480. The molecule has 3 fully saturated rings. The van der Waals surface area contributed by atoms with Gasteiger partial charge in [-0.15, -0.1) is 0 Å². The zero-order valence-electron chi connectivity index (χ0n) is 19.2. The van der Waals surface area contributed by atoms with Crippen LogP contribution in [0, 0.1) is 5.82 Å². The van der Waals surface area contributed by atoms with Crippen molar-refractivity contribution >= 4 is 17.7 Å². The number of piperidine rings is 1. The minimum Gasteiger partial charge on any atom is -0.489 e. The normalized spacial score (nSPS) is 27.1. The molecular weight excluding hydrogens is 453 g/mol. The Labute approximate surface area is 201 Å². The molecule has 9 nitrogen and oxygen atoms in total. The number of imide groups is 1. The Balaban J connectivity index is 1.10. The highest BCUT2D eigenvalue weighted by atomic mass is 19.1. The van der Waals surface area contributed by atoms with Crippen LogP contribution in [0.4, 0.5) is 4.39 Å². The predicted octanol–water partition coefficient (Wildman–Crippen LogP) is 1.78. The monoisotopic (exact) mass is 479 g/mol. The fourth-order valence-electron chi connectivity index (χ4n) is 5.74. The molecule has 0 bridgehead atoms. The van der Waals surface area contributed by atoms with Crippen molar-refractivity contribution in [3.05, 3.63) is 53.4 Å². The molecular formula is C25H26FN5O4. The van der Waals surface area contributed by atoms with E-state index in [-0.39, 0.29) is 30.3 Å². The topological polar surface area (TPSA) is 105 Å². The number of fused-ring (bicyclic) bond motifs is 1. The molecule has 1 saturated carbocycles. The van der Waals surface area contributed by atoms with Crippen LogP contribution in [0.5, 0.6) is 5.75 Å². The van der Waals surface area contributed by atoms with Crippen LogP contribution in [0.3, 0.4) is 0 Å². The molecule has 2 aromatic rings. The quantitative estimate of drug-likeness (QED) is 0.652. The maximum absolute atomic E-state index is 13.1. The third kappa shape index (κ3) is 4.05. The van der Waals surface area contributed by atoms with E-state index in [4.69, 9.17) is 4.74 Å². The van der Waals surface area contributed by atoms with Gasteiger partial charge in [0.25, 0.3) is 5.91 Å². The van der Waals surface area contributed by atoms with Crippen LogP contribution >= 0.6 is 0 Å². The van der Waals surface area contributed by atoms with Gasteiger partial charge in [-0.25, -0.2) is 14.4 Å². The van der Waals surface area contributed by atoms with E-state index >= 15 is 0 Å². The zero-order chi connectivity index (χ0) is 24.1. The number of benzene rings is 1. The highest BCUT2D eigenvalue weighted by Crippen LogP contribution is 2.36. The average Bonchev–Trinajstić information content (AvgIpc) is 3.38. The Bertz CT molecular complexity index is 1180. The van der Waals surface area contributed by atoms with Crippen LogP contribution in [0.1, 0.15) is 59.8 Å². The van der Waals surface area contributed by atoms with Gasteiger partial charge >= 0.3 is 0 Å². The average molecular weight is 480 g/mol. The molecule has 3 aliphatic heterocycles. The number of carbonyl (C=O) groups is 3. The van der Waals surface area contributed by atoms with Crippen LogP contribution < -0.4 is 10.1 Å². The summed E-state index contributed by atoms with van der Waals surface area (Å²) in [6, 6.07) is 5.17. The van der Waals surface area contributed by atoms with E-state index in [1.165, 1.54) is 12.4 Å². The standard InChI is InChI=1S/C25H26FN5O4/c26-16-9-27-23(28-10-16)15-11-30(12-15)19-2-1-3-21(19)35-17-4-5-18-14(8-17)13-31(25(18)34)20-6-7-22(32)29-24(20)33/h4-5,8-10,15,19-21H,1-3,6-7,11-13H2,(H,29,32,33). The predicted molar refractivity (Wildman–Crippen MR) is 121 cm³/mol. The molecule has 6 rings (SSSR count). The van der Waals surface area contributed by atoms with E-state index in [1.807, 2.05) is 12.1 Å². The van der Waals surface area contributed by atoms with Gasteiger partial charge in [0.15, 0.2) is 5.82 Å². The smallest absolute Gasteiger partial charge is 0.255 e. The molecule has 3 amide bonds. The number of aromatic nitrogens is 2. The second kappa shape index (κ2) is 8.67. The lowest BCUT2D eigenvalue weighted by molar-refractivity contribution is -0.136. The van der Waals surface area contributed by atoms with Crippen molar-refractivity contribution in [3.8, 4) is 5.75 Å². The number of likely N-dealkylation sites (tertiary alicyclic amines) is 1. The number of ether oxygens (including phenoxy) is 1. The van der Waals surface area contributed by atoms with E-state index in [0.717, 1.165) is 43.7 Å². The van der Waals surface area contributed by atoms with Gasteiger partial charge in [0, 0.05) is 43.6 Å². The first-order valence-corrected chi connectivity index (χ1v) is 12.1. The second-order valence-electron chi connectivity index (χ2n) is 9.78. The van der Waals surface area contributed by atoms with Crippen molar-refractivity contribution in [3.63, 3.8) is 0 Å². The van der Waals surface area contributed by atoms with Crippen molar-refractivity contribution in [2.24, 2.45) is 0 Å². The zero-order valence-corrected chi connectivity index (χ0v) is 19.2. The van der Waals surface area contributed by atoms with E-state index in [1.54, 1.807) is 11.0 Å². The number of nitrogens with zero attached hydrogens (tertiary/aromatic N) is 4. The van der Waals surface area contributed by atoms with Gasteiger partial charge in [-0.05, 0) is 49.4 Å². The summed E-state index contributed by atoms with van der Waals surface area (Å²) in [5.41, 5.74) is 1.42. The Morgan fingerprint density at radius 3 is 2.63 bits per heavy atom. The SMILES string of the molecule is O=C1CCC(N2Cc3cc(OC4CCCC4N4CC(c5ncc(F)cn5)C4)ccc3C2=O)C(=O)N1. The summed E-state index contributed by atoms with van der Waals surface area (Å²) in [7, 11) is 0. The number of halogens is 1. The molecule has 3 unspecified atom stereocenters. The Hall–Kier alpha value is -3.40. The third-order valence-corrected chi connectivity index (χ3v) is 7.58. The summed E-state index contributed by atoms with van der Waals surface area (Å²) in [4.78, 5) is 48.8. The van der Waals surface area contributed by atoms with Crippen LogP contribution in [-0.4, -0.2) is 68.8 Å². The largest absolute Gasteiger partial charge is 0.489 e. The van der Waals surface area contributed by atoms with Gasteiger partial charge in [-0.2, -0.15) is 0 Å². The van der Waals surface area contributed by atoms with E-state index in [2.05, 4.69) is 20.2 Å². The summed E-state index contributed by atoms with van der Waals surface area (Å²) < 4.78 is 19.5. The number of amides is 3. The molecule has 10 heteroatoms. The van der Waals surface area contributed by atoms with Crippen LogP contribution in [0.25, 0.3) is 0 Å². The molecule has 1 aromatic heterocycles. The van der Waals surface area contributed by atoms with Crippen LogP contribution in [0.15, 0.2) is 30.6 Å². The van der Waals surface area contributed by atoms with Gasteiger partial charge in [-0.1, -0.05) is 0 Å². The van der Waals surface area contributed by atoms with Crippen molar-refractivity contribution in [2.45, 2.75) is 62.8 Å². The first-order chi connectivity index (χ1) is 17.0. The fourth-order valence-corrected chi connectivity index (χ4v) is 5.74. The molecule has 182 valence electrons. The first-order valence-electron chi connectivity index (χ1n) is 12.1. The van der Waals surface area contributed by atoms with Crippen molar-refractivity contribution in [2.75, 3.05) is 13.1 Å². The molecule has 35 heavy (non-hydrogen) atoms. The Morgan fingerprint density at radius 1 is 1.06 bits per heavy atom. The molecule has 1 aliphatic carbocycles. The number of hydrogen-bond acceptors (Lipinski definition) is 7. The number of rotatable bonds is 5. The van der Waals surface area contributed by atoms with Crippen molar-refractivity contribution in [1.82, 2.24) is 25.1 Å². The molecule has 3 atom stereocenters. The first kappa shape index (κ1) is 22.1. The third-order valence-electron chi connectivity index (χ3n) is 7.58. The van der Waals surface area contributed by atoms with Crippen LogP contribution in [-0.2, 0) is 16.1 Å². The summed E-state index contributed by atoms with van der Waals surface area (Å²) >= 11 is 0. The minimum atomic E-state index is -0.624. The summed E-state index contributed by atoms with van der Waals surface area (Å²) in [5.74, 6) is 0.294. The van der Waals surface area contributed by atoms with Gasteiger partial charge in [-0.3, -0.25) is 24.6 Å². The van der Waals surface area contributed by atoms with E-state index in [9.17, 15) is 18.8 Å². The minimum absolute atomic E-state index is 0.0477. The lowest BCUT2D eigenvalue weighted by Gasteiger charge is -2.44.